The Morgan fingerprint density at radius 3 is 2.50 bits per heavy atom. The van der Waals surface area contributed by atoms with Gasteiger partial charge in [-0.25, -0.2) is 4.79 Å². The molecular weight excluding hydrogens is 300 g/mol. The predicted molar refractivity (Wildman–Crippen MR) is 86.1 cm³/mol. The van der Waals surface area contributed by atoms with Gasteiger partial charge in [-0.05, 0) is 48.6 Å². The highest BCUT2D eigenvalue weighted by Gasteiger charge is 2.09. The van der Waals surface area contributed by atoms with E-state index in [-0.39, 0.29) is 5.56 Å². The molecule has 0 aliphatic carbocycles. The molecule has 5 nitrogen and oxygen atoms in total. The third-order valence-corrected chi connectivity index (χ3v) is 3.64. The molecule has 0 radical (unpaired) electrons. The van der Waals surface area contributed by atoms with Crippen molar-refractivity contribution in [2.75, 3.05) is 7.11 Å². The van der Waals surface area contributed by atoms with E-state index in [1.54, 1.807) is 42.5 Å². The number of para-hydroxylation sites is 1. The molecule has 1 heterocycles. The van der Waals surface area contributed by atoms with Gasteiger partial charge in [-0.15, -0.1) is 0 Å². The number of carbonyl (C=O) groups excluding carboxylic acids is 1. The van der Waals surface area contributed by atoms with Crippen molar-refractivity contribution in [2.24, 2.45) is 0 Å². The van der Waals surface area contributed by atoms with Crippen molar-refractivity contribution in [2.45, 2.75) is 0 Å². The van der Waals surface area contributed by atoms with Crippen LogP contribution in [0.25, 0.3) is 16.6 Å². The molecule has 0 amide bonds. The number of aromatic amines is 1. The Hall–Kier alpha value is -2.73. The monoisotopic (exact) mass is 312 g/mol. The number of esters is 1. The van der Waals surface area contributed by atoms with E-state index in [0.717, 1.165) is 0 Å². The van der Waals surface area contributed by atoms with Crippen molar-refractivity contribution in [3.05, 3.63) is 69.2 Å². The van der Waals surface area contributed by atoms with E-state index in [1.807, 2.05) is 6.07 Å². The van der Waals surface area contributed by atoms with Crippen LogP contribution in [0, 0.1) is 4.77 Å². The van der Waals surface area contributed by atoms with E-state index < -0.39 is 5.97 Å². The van der Waals surface area contributed by atoms with Gasteiger partial charge in [-0.2, -0.15) is 0 Å². The molecule has 0 unspecified atom stereocenters. The van der Waals surface area contributed by atoms with Gasteiger partial charge in [-0.1, -0.05) is 12.1 Å². The highest BCUT2D eigenvalue weighted by molar-refractivity contribution is 7.71. The van der Waals surface area contributed by atoms with Crippen molar-refractivity contribution in [3.63, 3.8) is 0 Å². The third kappa shape index (κ3) is 2.33. The number of aromatic nitrogens is 2. The zero-order chi connectivity index (χ0) is 15.7. The first-order valence-electron chi connectivity index (χ1n) is 6.54. The molecule has 0 aliphatic heterocycles. The summed E-state index contributed by atoms with van der Waals surface area (Å²) < 4.78 is 6.35. The van der Waals surface area contributed by atoms with Crippen molar-refractivity contribution >= 4 is 29.1 Å². The summed E-state index contributed by atoms with van der Waals surface area (Å²) in [5.74, 6) is -0.428. The third-order valence-electron chi connectivity index (χ3n) is 3.35. The summed E-state index contributed by atoms with van der Waals surface area (Å²) in [5, 5.41) is 0.549. The van der Waals surface area contributed by atoms with E-state index in [4.69, 9.17) is 12.2 Å². The van der Waals surface area contributed by atoms with Gasteiger partial charge in [0.25, 0.3) is 5.56 Å². The lowest BCUT2D eigenvalue weighted by Gasteiger charge is -2.08. The molecule has 0 atom stereocenters. The minimum atomic E-state index is -0.428. The van der Waals surface area contributed by atoms with Crippen LogP contribution in [-0.2, 0) is 4.74 Å². The molecule has 1 aromatic heterocycles. The summed E-state index contributed by atoms with van der Waals surface area (Å²) in [7, 11) is 1.32. The van der Waals surface area contributed by atoms with Gasteiger partial charge in [0.2, 0.25) is 0 Å². The molecule has 0 saturated heterocycles. The van der Waals surface area contributed by atoms with E-state index >= 15 is 0 Å². The normalized spacial score (nSPS) is 10.6. The number of rotatable bonds is 2. The second-order valence-corrected chi connectivity index (χ2v) is 5.04. The average molecular weight is 312 g/mol. The van der Waals surface area contributed by atoms with Gasteiger partial charge in [-0.3, -0.25) is 9.36 Å². The first-order chi connectivity index (χ1) is 10.6. The Labute approximate surface area is 130 Å². The summed E-state index contributed by atoms with van der Waals surface area (Å²) in [6, 6.07) is 13.7. The molecule has 0 bridgehead atoms. The highest BCUT2D eigenvalue weighted by atomic mass is 32.1. The second-order valence-electron chi connectivity index (χ2n) is 4.65. The summed E-state index contributed by atoms with van der Waals surface area (Å²) in [6.07, 6.45) is 0. The van der Waals surface area contributed by atoms with Gasteiger partial charge in [0.05, 0.1) is 29.3 Å². The number of nitrogens with one attached hydrogen (secondary N) is 1. The minimum absolute atomic E-state index is 0.204. The molecule has 0 aliphatic rings. The number of benzene rings is 2. The van der Waals surface area contributed by atoms with Crippen molar-refractivity contribution in [1.29, 1.82) is 0 Å². The van der Waals surface area contributed by atoms with E-state index in [0.29, 0.717) is 26.9 Å². The Morgan fingerprint density at radius 1 is 1.14 bits per heavy atom. The van der Waals surface area contributed by atoms with Crippen molar-refractivity contribution in [3.8, 4) is 5.69 Å². The van der Waals surface area contributed by atoms with Gasteiger partial charge >= 0.3 is 5.97 Å². The number of ether oxygens (including phenoxy) is 1. The predicted octanol–water partition coefficient (Wildman–Crippen LogP) is 2.83. The molecule has 0 fully saturated rings. The Kier molecular flexibility index (Phi) is 3.60. The maximum atomic E-state index is 12.6. The number of hydrogen-bond donors (Lipinski definition) is 1. The van der Waals surface area contributed by atoms with Crippen LogP contribution in [0.15, 0.2) is 53.3 Å². The number of nitrogens with zero attached hydrogens (tertiary/aromatic N) is 1. The van der Waals surface area contributed by atoms with Gasteiger partial charge in [0.15, 0.2) is 4.77 Å². The summed E-state index contributed by atoms with van der Waals surface area (Å²) in [5.41, 5.74) is 1.49. The van der Waals surface area contributed by atoms with E-state index in [2.05, 4.69) is 9.72 Å². The molecule has 110 valence electrons. The maximum absolute atomic E-state index is 12.6. The number of H-pyrrole nitrogens is 1. The van der Waals surface area contributed by atoms with Crippen LogP contribution in [0.3, 0.4) is 0 Å². The van der Waals surface area contributed by atoms with E-state index in [9.17, 15) is 9.59 Å². The van der Waals surface area contributed by atoms with Gasteiger partial charge in [0.1, 0.15) is 0 Å². The lowest BCUT2D eigenvalue weighted by molar-refractivity contribution is 0.0601. The summed E-state index contributed by atoms with van der Waals surface area (Å²) in [6.45, 7) is 0. The SMILES string of the molecule is COC(=O)c1ccc(-n2c(=S)[nH]c3ccccc3c2=O)cc1. The number of fused-ring (bicyclic) bond motifs is 1. The molecule has 0 spiro atoms. The molecule has 2 aromatic carbocycles. The minimum Gasteiger partial charge on any atom is -0.465 e. The zero-order valence-corrected chi connectivity index (χ0v) is 12.5. The molecule has 1 N–H and O–H groups in total. The van der Waals surface area contributed by atoms with Gasteiger partial charge < -0.3 is 9.72 Å². The first-order valence-corrected chi connectivity index (χ1v) is 6.95. The fourth-order valence-electron chi connectivity index (χ4n) is 2.26. The Balaban J connectivity index is 2.20. The highest BCUT2D eigenvalue weighted by Crippen LogP contribution is 2.12. The quantitative estimate of drug-likeness (QED) is 0.584. The number of hydrogen-bond acceptors (Lipinski definition) is 4. The standard InChI is InChI=1S/C16H12N2O3S/c1-21-15(20)10-6-8-11(9-7-10)18-14(19)12-4-2-3-5-13(12)17-16(18)22/h2-9H,1H3,(H,17,22). The fraction of sp³-hybridized carbons (Fsp3) is 0.0625. The fourth-order valence-corrected chi connectivity index (χ4v) is 2.56. The lowest BCUT2D eigenvalue weighted by Crippen LogP contribution is -2.20. The Morgan fingerprint density at radius 2 is 1.82 bits per heavy atom. The number of carbonyl (C=O) groups is 1. The summed E-state index contributed by atoms with van der Waals surface area (Å²) in [4.78, 5) is 27.1. The zero-order valence-electron chi connectivity index (χ0n) is 11.7. The lowest BCUT2D eigenvalue weighted by atomic mass is 10.2. The number of methoxy groups -OCH3 is 1. The maximum Gasteiger partial charge on any atom is 0.337 e. The van der Waals surface area contributed by atoms with Crippen LogP contribution < -0.4 is 5.56 Å². The molecule has 3 aromatic rings. The molecule has 0 saturated carbocycles. The topological polar surface area (TPSA) is 64.1 Å². The van der Waals surface area contributed by atoms with Crippen LogP contribution in [-0.4, -0.2) is 22.6 Å². The average Bonchev–Trinajstić information content (AvgIpc) is 2.55. The van der Waals surface area contributed by atoms with Crippen LogP contribution in [0.2, 0.25) is 0 Å². The molecule has 3 rings (SSSR count). The van der Waals surface area contributed by atoms with Crippen molar-refractivity contribution in [1.82, 2.24) is 9.55 Å². The van der Waals surface area contributed by atoms with Gasteiger partial charge in [0, 0.05) is 0 Å². The van der Waals surface area contributed by atoms with Crippen LogP contribution in [0.1, 0.15) is 10.4 Å². The van der Waals surface area contributed by atoms with Crippen LogP contribution >= 0.6 is 12.2 Å². The van der Waals surface area contributed by atoms with E-state index in [1.165, 1.54) is 11.7 Å². The van der Waals surface area contributed by atoms with Crippen LogP contribution in [0.5, 0.6) is 0 Å². The largest absolute Gasteiger partial charge is 0.465 e. The molecule has 6 heteroatoms. The summed E-state index contributed by atoms with van der Waals surface area (Å²) >= 11 is 5.27. The van der Waals surface area contributed by atoms with Crippen LogP contribution in [0.4, 0.5) is 0 Å². The Bertz CT molecular complexity index is 971. The molecular formula is C16H12N2O3S. The van der Waals surface area contributed by atoms with Crippen molar-refractivity contribution < 1.29 is 9.53 Å². The smallest absolute Gasteiger partial charge is 0.337 e. The first kappa shape index (κ1) is 14.2. The molecule has 22 heavy (non-hydrogen) atoms. The second kappa shape index (κ2) is 5.57.